The van der Waals surface area contributed by atoms with Gasteiger partial charge in [0.05, 0.1) is 5.92 Å². The summed E-state index contributed by atoms with van der Waals surface area (Å²) in [7, 11) is 3.59. The minimum atomic E-state index is -0.220. The number of carbonyl (C=O) groups excluding carboxylic acids is 1. The van der Waals surface area contributed by atoms with Gasteiger partial charge in [-0.2, -0.15) is 13.5 Å². The Morgan fingerprint density at radius 3 is 1.53 bits per heavy atom. The van der Waals surface area contributed by atoms with E-state index in [1.165, 1.54) is 0 Å². The van der Waals surface area contributed by atoms with Crippen molar-refractivity contribution >= 4 is 19.4 Å². The molecule has 0 aliphatic heterocycles. The van der Waals surface area contributed by atoms with Crippen molar-refractivity contribution in [2.45, 2.75) is 5.92 Å². The summed E-state index contributed by atoms with van der Waals surface area (Å²) in [5.74, 6) is -0.116. The van der Waals surface area contributed by atoms with E-state index in [0.29, 0.717) is 0 Å². The molecule has 0 aliphatic rings. The van der Waals surface area contributed by atoms with Gasteiger partial charge in [-0.05, 0) is 11.1 Å². The first kappa shape index (κ1) is 15.3. The van der Waals surface area contributed by atoms with Crippen molar-refractivity contribution in [2.75, 3.05) is 14.1 Å². The van der Waals surface area contributed by atoms with Crippen molar-refractivity contribution in [3.8, 4) is 0 Å². The Labute approximate surface area is 121 Å². The molecule has 0 atom stereocenters. The lowest BCUT2D eigenvalue weighted by Gasteiger charge is -2.21. The van der Waals surface area contributed by atoms with Gasteiger partial charge in [0.25, 0.3) is 0 Å². The second-order valence-corrected chi connectivity index (χ2v) is 4.49. The Morgan fingerprint density at radius 1 is 0.842 bits per heavy atom. The normalized spacial score (nSPS) is 9.84. The number of hydrogen-bond acceptors (Lipinski definition) is 1. The van der Waals surface area contributed by atoms with Crippen LogP contribution < -0.4 is 0 Å². The molecule has 19 heavy (non-hydrogen) atoms. The SMILES string of the molecule is CN(C)C(=O)C(c1ccccc1)c1ccccc1.S. The van der Waals surface area contributed by atoms with Crippen molar-refractivity contribution in [3.63, 3.8) is 0 Å². The number of hydrogen-bond donors (Lipinski definition) is 0. The Balaban J connectivity index is 0.00000180. The molecule has 1 amide bonds. The van der Waals surface area contributed by atoms with Crippen LogP contribution in [0.2, 0.25) is 0 Å². The molecule has 0 N–H and O–H groups in total. The zero-order valence-electron chi connectivity index (χ0n) is 11.2. The summed E-state index contributed by atoms with van der Waals surface area (Å²) in [6.07, 6.45) is 0. The standard InChI is InChI=1S/C16H17NO.H2S/c1-17(2)16(18)15(13-9-5-3-6-10-13)14-11-7-4-8-12-14;/h3-12,15H,1-2H3;1H2. The van der Waals surface area contributed by atoms with Crippen LogP contribution in [0, 0.1) is 0 Å². The summed E-state index contributed by atoms with van der Waals surface area (Å²) in [5.41, 5.74) is 2.06. The topological polar surface area (TPSA) is 20.3 Å². The van der Waals surface area contributed by atoms with Crippen LogP contribution in [0.1, 0.15) is 17.0 Å². The lowest BCUT2D eigenvalue weighted by Crippen LogP contribution is -2.28. The van der Waals surface area contributed by atoms with E-state index in [1.54, 1.807) is 19.0 Å². The fourth-order valence-electron chi connectivity index (χ4n) is 2.03. The molecular formula is C16H19NOS. The maximum atomic E-state index is 12.4. The van der Waals surface area contributed by atoms with Crippen LogP contribution in [0.4, 0.5) is 0 Å². The Morgan fingerprint density at radius 2 is 1.21 bits per heavy atom. The van der Waals surface area contributed by atoms with E-state index in [0.717, 1.165) is 11.1 Å². The number of likely N-dealkylation sites (N-methyl/N-ethyl adjacent to an activating group) is 1. The molecule has 2 nitrogen and oxygen atoms in total. The largest absolute Gasteiger partial charge is 0.348 e. The van der Waals surface area contributed by atoms with Gasteiger partial charge < -0.3 is 4.90 Å². The number of rotatable bonds is 3. The van der Waals surface area contributed by atoms with E-state index in [4.69, 9.17) is 0 Å². The molecule has 0 heterocycles. The summed E-state index contributed by atoms with van der Waals surface area (Å²) in [6, 6.07) is 19.8. The van der Waals surface area contributed by atoms with Gasteiger partial charge in [-0.15, -0.1) is 0 Å². The van der Waals surface area contributed by atoms with Crippen LogP contribution in [-0.2, 0) is 4.79 Å². The highest BCUT2D eigenvalue weighted by atomic mass is 32.1. The highest BCUT2D eigenvalue weighted by molar-refractivity contribution is 7.59. The van der Waals surface area contributed by atoms with Crippen molar-refractivity contribution < 1.29 is 4.79 Å². The number of amides is 1. The molecule has 100 valence electrons. The molecule has 3 heteroatoms. The maximum absolute atomic E-state index is 12.4. The molecule has 0 bridgehead atoms. The Kier molecular flexibility index (Phi) is 5.64. The minimum absolute atomic E-state index is 0. The van der Waals surface area contributed by atoms with Gasteiger partial charge in [-0.3, -0.25) is 4.79 Å². The molecule has 2 aromatic carbocycles. The lowest BCUT2D eigenvalue weighted by atomic mass is 9.90. The van der Waals surface area contributed by atoms with E-state index < -0.39 is 0 Å². The predicted octanol–water partition coefficient (Wildman–Crippen LogP) is 3.02. The number of benzene rings is 2. The average molecular weight is 273 g/mol. The molecular weight excluding hydrogens is 254 g/mol. The molecule has 0 aliphatic carbocycles. The summed E-state index contributed by atoms with van der Waals surface area (Å²) < 4.78 is 0. The van der Waals surface area contributed by atoms with Crippen LogP contribution in [0.25, 0.3) is 0 Å². The van der Waals surface area contributed by atoms with Crippen molar-refractivity contribution in [2.24, 2.45) is 0 Å². The second-order valence-electron chi connectivity index (χ2n) is 4.49. The molecule has 0 unspecified atom stereocenters. The smallest absolute Gasteiger partial charge is 0.234 e. The quantitative estimate of drug-likeness (QED) is 0.842. The van der Waals surface area contributed by atoms with Gasteiger partial charge in [0.2, 0.25) is 5.91 Å². The van der Waals surface area contributed by atoms with Crippen molar-refractivity contribution in [1.82, 2.24) is 4.90 Å². The monoisotopic (exact) mass is 273 g/mol. The molecule has 2 rings (SSSR count). The van der Waals surface area contributed by atoms with Crippen molar-refractivity contribution in [1.29, 1.82) is 0 Å². The molecule has 2 aromatic rings. The molecule has 0 saturated carbocycles. The van der Waals surface area contributed by atoms with Gasteiger partial charge in [-0.1, -0.05) is 60.7 Å². The highest BCUT2D eigenvalue weighted by Crippen LogP contribution is 2.25. The first-order valence-corrected chi connectivity index (χ1v) is 6.01. The highest BCUT2D eigenvalue weighted by Gasteiger charge is 2.23. The molecule has 0 fully saturated rings. The molecule has 0 radical (unpaired) electrons. The third-order valence-electron chi connectivity index (χ3n) is 2.95. The van der Waals surface area contributed by atoms with E-state index in [9.17, 15) is 4.79 Å². The average Bonchev–Trinajstić information content (AvgIpc) is 2.41. The first-order chi connectivity index (χ1) is 8.70. The molecule has 0 spiro atoms. The zero-order valence-corrected chi connectivity index (χ0v) is 12.2. The molecule has 0 aromatic heterocycles. The van der Waals surface area contributed by atoms with E-state index >= 15 is 0 Å². The third-order valence-corrected chi connectivity index (χ3v) is 2.95. The zero-order chi connectivity index (χ0) is 13.0. The van der Waals surface area contributed by atoms with Gasteiger partial charge in [-0.25, -0.2) is 0 Å². The second kappa shape index (κ2) is 7.00. The van der Waals surface area contributed by atoms with Gasteiger partial charge in [0.15, 0.2) is 0 Å². The number of nitrogens with zero attached hydrogens (tertiary/aromatic N) is 1. The summed E-state index contributed by atoms with van der Waals surface area (Å²) >= 11 is 0. The first-order valence-electron chi connectivity index (χ1n) is 6.01. The van der Waals surface area contributed by atoms with Gasteiger partial charge >= 0.3 is 0 Å². The fourth-order valence-corrected chi connectivity index (χ4v) is 2.03. The van der Waals surface area contributed by atoms with E-state index in [1.807, 2.05) is 60.7 Å². The van der Waals surface area contributed by atoms with Crippen LogP contribution in [0.15, 0.2) is 60.7 Å². The van der Waals surface area contributed by atoms with Crippen LogP contribution in [-0.4, -0.2) is 24.9 Å². The predicted molar refractivity (Wildman–Crippen MR) is 83.8 cm³/mol. The number of carbonyl (C=O) groups is 1. The Bertz CT molecular complexity index is 471. The minimum Gasteiger partial charge on any atom is -0.348 e. The third kappa shape index (κ3) is 3.61. The summed E-state index contributed by atoms with van der Waals surface area (Å²) in [4.78, 5) is 14.0. The van der Waals surface area contributed by atoms with Crippen LogP contribution in [0.5, 0.6) is 0 Å². The van der Waals surface area contributed by atoms with Crippen LogP contribution in [0.3, 0.4) is 0 Å². The van der Waals surface area contributed by atoms with Crippen LogP contribution >= 0.6 is 13.5 Å². The van der Waals surface area contributed by atoms with Crippen molar-refractivity contribution in [3.05, 3.63) is 71.8 Å². The fraction of sp³-hybridized carbons (Fsp3) is 0.188. The molecule has 0 saturated heterocycles. The lowest BCUT2D eigenvalue weighted by molar-refractivity contribution is -0.129. The summed E-state index contributed by atoms with van der Waals surface area (Å²) in [6.45, 7) is 0. The van der Waals surface area contributed by atoms with E-state index in [2.05, 4.69) is 0 Å². The summed E-state index contributed by atoms with van der Waals surface area (Å²) in [5, 5.41) is 0. The van der Waals surface area contributed by atoms with E-state index in [-0.39, 0.29) is 25.3 Å². The Hall–Kier alpha value is -1.74. The van der Waals surface area contributed by atoms with Gasteiger partial charge in [0, 0.05) is 14.1 Å². The maximum Gasteiger partial charge on any atom is 0.234 e. The van der Waals surface area contributed by atoms with Gasteiger partial charge in [0.1, 0.15) is 0 Å².